The Kier molecular flexibility index (Phi) is 3.77. The van der Waals surface area contributed by atoms with E-state index in [1.807, 2.05) is 12.1 Å². The molecule has 0 spiro atoms. The fourth-order valence-electron chi connectivity index (χ4n) is 1.81. The molecule has 4 nitrogen and oxygen atoms in total. The van der Waals surface area contributed by atoms with Crippen molar-refractivity contribution in [1.29, 1.82) is 0 Å². The van der Waals surface area contributed by atoms with E-state index in [4.69, 9.17) is 4.74 Å². The number of hydrogen-bond acceptors (Lipinski definition) is 3. The van der Waals surface area contributed by atoms with Gasteiger partial charge in [-0.1, -0.05) is 12.1 Å². The van der Waals surface area contributed by atoms with Crippen molar-refractivity contribution in [1.82, 2.24) is 5.32 Å². The van der Waals surface area contributed by atoms with Crippen molar-refractivity contribution in [3.8, 4) is 0 Å². The van der Waals surface area contributed by atoms with E-state index in [1.165, 1.54) is 5.69 Å². The highest BCUT2D eigenvalue weighted by Gasteiger charge is 2.10. The van der Waals surface area contributed by atoms with Crippen molar-refractivity contribution in [3.05, 3.63) is 29.8 Å². The van der Waals surface area contributed by atoms with Crippen LogP contribution >= 0.6 is 0 Å². The molecule has 0 unspecified atom stereocenters. The van der Waals surface area contributed by atoms with Crippen LogP contribution in [0.2, 0.25) is 0 Å². The Hall–Kier alpha value is -1.55. The van der Waals surface area contributed by atoms with Crippen LogP contribution in [-0.4, -0.2) is 32.7 Å². The predicted octanol–water partition coefficient (Wildman–Crippen LogP) is 0.769. The predicted molar refractivity (Wildman–Crippen MR) is 62.4 cm³/mol. The molecule has 0 aliphatic carbocycles. The molecule has 0 bridgehead atoms. The molecule has 16 heavy (non-hydrogen) atoms. The fraction of sp³-hybridized carbons (Fsp3) is 0.417. The van der Waals surface area contributed by atoms with Gasteiger partial charge in [-0.25, -0.2) is 0 Å². The molecule has 1 aliphatic heterocycles. The van der Waals surface area contributed by atoms with Gasteiger partial charge >= 0.3 is 0 Å². The third-order valence-corrected chi connectivity index (χ3v) is 2.70. The Balaban J connectivity index is 1.97. The van der Waals surface area contributed by atoms with Gasteiger partial charge in [0.05, 0.1) is 13.2 Å². The number of nitrogens with zero attached hydrogens (tertiary/aromatic N) is 1. The van der Waals surface area contributed by atoms with E-state index in [1.54, 1.807) is 0 Å². The minimum atomic E-state index is 0.590. The van der Waals surface area contributed by atoms with Gasteiger partial charge < -0.3 is 15.0 Å². The van der Waals surface area contributed by atoms with Gasteiger partial charge in [0.1, 0.15) is 0 Å². The van der Waals surface area contributed by atoms with Crippen LogP contribution in [0.15, 0.2) is 24.3 Å². The lowest BCUT2D eigenvalue weighted by atomic mass is 10.2. The van der Waals surface area contributed by atoms with E-state index < -0.39 is 0 Å². The SMILES string of the molecule is O=CNCc1ccc(N2CCOCC2)cc1. The number of amides is 1. The van der Waals surface area contributed by atoms with E-state index in [-0.39, 0.29) is 0 Å². The highest BCUT2D eigenvalue weighted by atomic mass is 16.5. The zero-order valence-corrected chi connectivity index (χ0v) is 9.19. The highest BCUT2D eigenvalue weighted by Crippen LogP contribution is 2.16. The minimum absolute atomic E-state index is 0.590. The van der Waals surface area contributed by atoms with Crippen molar-refractivity contribution >= 4 is 12.1 Å². The van der Waals surface area contributed by atoms with E-state index >= 15 is 0 Å². The van der Waals surface area contributed by atoms with Crippen molar-refractivity contribution in [2.75, 3.05) is 31.2 Å². The number of morpholine rings is 1. The molecule has 1 N–H and O–H groups in total. The molecule has 0 atom stereocenters. The average Bonchev–Trinajstić information content (AvgIpc) is 2.38. The molecule has 4 heteroatoms. The first kappa shape index (κ1) is 11.0. The van der Waals surface area contributed by atoms with Crippen LogP contribution in [0.25, 0.3) is 0 Å². The second kappa shape index (κ2) is 5.51. The monoisotopic (exact) mass is 220 g/mol. The molecule has 0 saturated carbocycles. The molecule has 1 fully saturated rings. The zero-order chi connectivity index (χ0) is 11.2. The first-order valence-corrected chi connectivity index (χ1v) is 5.49. The number of nitrogens with one attached hydrogen (secondary N) is 1. The number of carbonyl (C=O) groups is 1. The Bertz CT molecular complexity index is 331. The maximum atomic E-state index is 10.2. The molecule has 86 valence electrons. The lowest BCUT2D eigenvalue weighted by Crippen LogP contribution is -2.36. The lowest BCUT2D eigenvalue weighted by molar-refractivity contribution is -0.109. The van der Waals surface area contributed by atoms with Gasteiger partial charge in [0.2, 0.25) is 6.41 Å². The summed E-state index contributed by atoms with van der Waals surface area (Å²) in [4.78, 5) is 12.5. The van der Waals surface area contributed by atoms with E-state index in [0.29, 0.717) is 6.54 Å². The zero-order valence-electron chi connectivity index (χ0n) is 9.19. The van der Waals surface area contributed by atoms with Crippen molar-refractivity contribution in [2.24, 2.45) is 0 Å². The summed E-state index contributed by atoms with van der Waals surface area (Å²) in [6.45, 7) is 4.09. The van der Waals surface area contributed by atoms with E-state index in [0.717, 1.165) is 38.3 Å². The third-order valence-electron chi connectivity index (χ3n) is 2.70. The van der Waals surface area contributed by atoms with Crippen LogP contribution in [-0.2, 0) is 16.1 Å². The number of carbonyl (C=O) groups excluding carboxylic acids is 1. The maximum absolute atomic E-state index is 10.2. The second-order valence-electron chi connectivity index (χ2n) is 3.76. The highest BCUT2D eigenvalue weighted by molar-refractivity contribution is 5.49. The summed E-state index contributed by atoms with van der Waals surface area (Å²) in [5, 5.41) is 2.65. The summed E-state index contributed by atoms with van der Waals surface area (Å²) in [7, 11) is 0. The van der Waals surface area contributed by atoms with Gasteiger partial charge in [-0.15, -0.1) is 0 Å². The largest absolute Gasteiger partial charge is 0.378 e. The first-order chi connectivity index (χ1) is 7.90. The van der Waals surface area contributed by atoms with Gasteiger partial charge in [0.15, 0.2) is 0 Å². The van der Waals surface area contributed by atoms with Gasteiger partial charge in [0, 0.05) is 25.3 Å². The molecule has 1 saturated heterocycles. The van der Waals surface area contributed by atoms with Crippen LogP contribution in [0.4, 0.5) is 5.69 Å². The molecular formula is C12H16N2O2. The quantitative estimate of drug-likeness (QED) is 0.762. The molecule has 0 radical (unpaired) electrons. The van der Waals surface area contributed by atoms with Gasteiger partial charge in [-0.3, -0.25) is 4.79 Å². The molecular weight excluding hydrogens is 204 g/mol. The molecule has 1 aromatic carbocycles. The molecule has 1 aromatic rings. The number of ether oxygens (including phenoxy) is 1. The van der Waals surface area contributed by atoms with Crippen LogP contribution in [0, 0.1) is 0 Å². The smallest absolute Gasteiger partial charge is 0.207 e. The van der Waals surface area contributed by atoms with Crippen LogP contribution in [0.1, 0.15) is 5.56 Å². The molecule has 0 aromatic heterocycles. The van der Waals surface area contributed by atoms with E-state index in [2.05, 4.69) is 22.3 Å². The summed E-state index contributed by atoms with van der Waals surface area (Å²) < 4.78 is 5.31. The number of anilines is 1. The Morgan fingerprint density at radius 1 is 1.25 bits per heavy atom. The topological polar surface area (TPSA) is 41.6 Å². The summed E-state index contributed by atoms with van der Waals surface area (Å²) in [6.07, 6.45) is 0.718. The van der Waals surface area contributed by atoms with Gasteiger partial charge in [0.25, 0.3) is 0 Å². The molecule has 1 heterocycles. The van der Waals surface area contributed by atoms with Crippen LogP contribution in [0.5, 0.6) is 0 Å². The van der Waals surface area contributed by atoms with E-state index in [9.17, 15) is 4.79 Å². The molecule has 1 aliphatic rings. The van der Waals surface area contributed by atoms with Crippen LogP contribution in [0.3, 0.4) is 0 Å². The van der Waals surface area contributed by atoms with Gasteiger partial charge in [-0.2, -0.15) is 0 Å². The third kappa shape index (κ3) is 2.73. The van der Waals surface area contributed by atoms with Crippen molar-refractivity contribution in [2.45, 2.75) is 6.54 Å². The summed E-state index contributed by atoms with van der Waals surface area (Å²) in [6, 6.07) is 8.27. The normalized spacial score (nSPS) is 15.9. The standard InChI is InChI=1S/C12H16N2O2/c15-10-13-9-11-1-3-12(4-2-11)14-5-7-16-8-6-14/h1-4,10H,5-9H2,(H,13,15). The summed E-state index contributed by atoms with van der Waals surface area (Å²) >= 11 is 0. The maximum Gasteiger partial charge on any atom is 0.207 e. The van der Waals surface area contributed by atoms with Crippen molar-refractivity contribution in [3.63, 3.8) is 0 Å². The number of benzene rings is 1. The molecule has 1 amide bonds. The lowest BCUT2D eigenvalue weighted by Gasteiger charge is -2.28. The summed E-state index contributed by atoms with van der Waals surface area (Å²) in [5.74, 6) is 0. The molecule has 2 rings (SSSR count). The Morgan fingerprint density at radius 2 is 1.94 bits per heavy atom. The van der Waals surface area contributed by atoms with Crippen molar-refractivity contribution < 1.29 is 9.53 Å². The minimum Gasteiger partial charge on any atom is -0.378 e. The fourth-order valence-corrected chi connectivity index (χ4v) is 1.81. The number of hydrogen-bond donors (Lipinski definition) is 1. The first-order valence-electron chi connectivity index (χ1n) is 5.49. The summed E-state index contributed by atoms with van der Waals surface area (Å²) in [5.41, 5.74) is 2.34. The average molecular weight is 220 g/mol. The Labute approximate surface area is 95.2 Å². The number of rotatable bonds is 4. The van der Waals surface area contributed by atoms with Crippen LogP contribution < -0.4 is 10.2 Å². The second-order valence-corrected chi connectivity index (χ2v) is 3.76. The van der Waals surface area contributed by atoms with Gasteiger partial charge in [-0.05, 0) is 17.7 Å². The Morgan fingerprint density at radius 3 is 2.56 bits per heavy atom.